The van der Waals surface area contributed by atoms with Gasteiger partial charge in [-0.2, -0.15) is 5.26 Å². The van der Waals surface area contributed by atoms with Gasteiger partial charge in [0.05, 0.1) is 6.10 Å². The molecule has 1 aliphatic carbocycles. The first kappa shape index (κ1) is 12.0. The summed E-state index contributed by atoms with van der Waals surface area (Å²) in [5.41, 5.74) is 1.32. The van der Waals surface area contributed by atoms with Crippen LogP contribution in [0.5, 0.6) is 0 Å². The van der Waals surface area contributed by atoms with Crippen LogP contribution in [0.4, 0.5) is 5.82 Å². The largest absolute Gasteiger partial charge is 0.393 e. The molecule has 1 fully saturated rings. The third kappa shape index (κ3) is 2.27. The van der Waals surface area contributed by atoms with Crippen LogP contribution in [-0.4, -0.2) is 26.6 Å². The molecule has 98 valence electrons. The van der Waals surface area contributed by atoms with Crippen LogP contribution in [0.15, 0.2) is 24.4 Å². The highest BCUT2D eigenvalue weighted by Gasteiger charge is 2.21. The van der Waals surface area contributed by atoms with Gasteiger partial charge in [-0.3, -0.25) is 4.40 Å². The van der Waals surface area contributed by atoms with Crippen molar-refractivity contribution in [1.82, 2.24) is 9.38 Å². The number of nitrogens with zero attached hydrogens (tertiary/aromatic N) is 3. The molecule has 0 saturated heterocycles. The van der Waals surface area contributed by atoms with E-state index in [4.69, 9.17) is 0 Å². The van der Waals surface area contributed by atoms with Gasteiger partial charge in [-0.25, -0.2) is 4.98 Å². The second-order valence-corrected chi connectivity index (χ2v) is 5.00. The van der Waals surface area contributed by atoms with Crippen LogP contribution in [0.25, 0.3) is 5.65 Å². The molecule has 2 aromatic heterocycles. The van der Waals surface area contributed by atoms with Crippen LogP contribution >= 0.6 is 0 Å². The van der Waals surface area contributed by atoms with Crippen LogP contribution < -0.4 is 5.32 Å². The number of rotatable bonds is 2. The monoisotopic (exact) mass is 256 g/mol. The fourth-order valence-corrected chi connectivity index (χ4v) is 2.62. The van der Waals surface area contributed by atoms with E-state index in [1.165, 1.54) is 0 Å². The van der Waals surface area contributed by atoms with Gasteiger partial charge in [0.25, 0.3) is 0 Å². The molecular formula is C14H16N4O. The van der Waals surface area contributed by atoms with E-state index in [1.807, 2.05) is 24.4 Å². The Balaban J connectivity index is 1.87. The number of imidazole rings is 1. The number of nitrogens with one attached hydrogen (secondary N) is 1. The summed E-state index contributed by atoms with van der Waals surface area (Å²) in [6.07, 6.45) is 5.13. The maximum absolute atomic E-state index is 9.51. The van der Waals surface area contributed by atoms with E-state index in [0.717, 1.165) is 31.3 Å². The summed E-state index contributed by atoms with van der Waals surface area (Å²) in [6, 6.07) is 8.18. The summed E-state index contributed by atoms with van der Waals surface area (Å²) in [6.45, 7) is 0. The molecule has 0 unspecified atom stereocenters. The number of hydrogen-bond donors (Lipinski definition) is 2. The highest BCUT2D eigenvalue weighted by Crippen LogP contribution is 2.24. The van der Waals surface area contributed by atoms with Crippen molar-refractivity contribution in [2.45, 2.75) is 37.8 Å². The Kier molecular flexibility index (Phi) is 3.10. The van der Waals surface area contributed by atoms with Crippen molar-refractivity contribution in [3.05, 3.63) is 30.1 Å². The molecule has 19 heavy (non-hydrogen) atoms. The molecule has 1 aliphatic rings. The topological polar surface area (TPSA) is 73.3 Å². The van der Waals surface area contributed by atoms with Crippen LogP contribution in [0.2, 0.25) is 0 Å². The first-order chi connectivity index (χ1) is 9.28. The minimum absolute atomic E-state index is 0.172. The van der Waals surface area contributed by atoms with Gasteiger partial charge in [0.1, 0.15) is 11.7 Å². The van der Waals surface area contributed by atoms with Crippen molar-refractivity contribution in [3.63, 3.8) is 0 Å². The number of aliphatic hydroxyl groups excluding tert-OH is 1. The van der Waals surface area contributed by atoms with Crippen LogP contribution in [0.1, 0.15) is 31.4 Å². The molecule has 2 N–H and O–H groups in total. The third-order valence-electron chi connectivity index (χ3n) is 3.67. The van der Waals surface area contributed by atoms with Gasteiger partial charge < -0.3 is 10.4 Å². The number of aliphatic hydroxyl groups is 1. The van der Waals surface area contributed by atoms with E-state index in [2.05, 4.69) is 16.4 Å². The average Bonchev–Trinajstić information content (AvgIpc) is 2.78. The molecule has 0 radical (unpaired) electrons. The molecular weight excluding hydrogens is 240 g/mol. The average molecular weight is 256 g/mol. The van der Waals surface area contributed by atoms with Crippen molar-refractivity contribution in [2.24, 2.45) is 0 Å². The Bertz CT molecular complexity index is 620. The van der Waals surface area contributed by atoms with Crippen molar-refractivity contribution in [1.29, 1.82) is 5.26 Å². The lowest BCUT2D eigenvalue weighted by Gasteiger charge is -2.26. The van der Waals surface area contributed by atoms with E-state index >= 15 is 0 Å². The predicted molar refractivity (Wildman–Crippen MR) is 71.8 cm³/mol. The lowest BCUT2D eigenvalue weighted by molar-refractivity contribution is 0.126. The Morgan fingerprint density at radius 1 is 1.32 bits per heavy atom. The minimum atomic E-state index is -0.172. The van der Waals surface area contributed by atoms with Gasteiger partial charge in [0, 0.05) is 12.2 Å². The molecule has 0 amide bonds. The Morgan fingerprint density at radius 2 is 2.11 bits per heavy atom. The van der Waals surface area contributed by atoms with Crippen molar-refractivity contribution < 1.29 is 5.11 Å². The van der Waals surface area contributed by atoms with Gasteiger partial charge >= 0.3 is 0 Å². The van der Waals surface area contributed by atoms with E-state index < -0.39 is 0 Å². The second-order valence-electron chi connectivity index (χ2n) is 5.00. The highest BCUT2D eigenvalue weighted by atomic mass is 16.3. The molecule has 1 saturated carbocycles. The molecule has 0 aromatic carbocycles. The van der Waals surface area contributed by atoms with Gasteiger partial charge in [0.15, 0.2) is 11.5 Å². The zero-order chi connectivity index (χ0) is 13.2. The summed E-state index contributed by atoms with van der Waals surface area (Å²) < 4.78 is 1.79. The number of hydrogen-bond acceptors (Lipinski definition) is 4. The Hall–Kier alpha value is -2.06. The summed E-state index contributed by atoms with van der Waals surface area (Å²) in [5.74, 6) is 0.648. The maximum Gasteiger partial charge on any atom is 0.168 e. The molecule has 5 nitrogen and oxygen atoms in total. The van der Waals surface area contributed by atoms with E-state index in [1.54, 1.807) is 4.40 Å². The normalized spacial score (nSPS) is 23.2. The Morgan fingerprint density at radius 3 is 2.84 bits per heavy atom. The summed E-state index contributed by atoms with van der Waals surface area (Å²) >= 11 is 0. The fourth-order valence-electron chi connectivity index (χ4n) is 2.62. The summed E-state index contributed by atoms with van der Waals surface area (Å²) in [5, 5.41) is 22.1. The van der Waals surface area contributed by atoms with Crippen molar-refractivity contribution >= 4 is 11.5 Å². The zero-order valence-electron chi connectivity index (χ0n) is 10.6. The van der Waals surface area contributed by atoms with E-state index in [0.29, 0.717) is 17.6 Å². The quantitative estimate of drug-likeness (QED) is 0.861. The molecule has 0 spiro atoms. The van der Waals surface area contributed by atoms with Crippen LogP contribution in [0, 0.1) is 11.3 Å². The molecule has 0 aliphatic heterocycles. The number of fused-ring (bicyclic) bond motifs is 1. The lowest BCUT2D eigenvalue weighted by Crippen LogP contribution is -2.28. The molecule has 0 atom stereocenters. The molecule has 0 bridgehead atoms. The minimum Gasteiger partial charge on any atom is -0.393 e. The first-order valence-corrected chi connectivity index (χ1v) is 6.59. The predicted octanol–water partition coefficient (Wildman–Crippen LogP) is 1.92. The van der Waals surface area contributed by atoms with Gasteiger partial charge in [-0.05, 0) is 37.8 Å². The second kappa shape index (κ2) is 4.90. The third-order valence-corrected chi connectivity index (χ3v) is 3.67. The van der Waals surface area contributed by atoms with Gasteiger partial charge in [-0.15, -0.1) is 0 Å². The maximum atomic E-state index is 9.51. The van der Waals surface area contributed by atoms with Crippen molar-refractivity contribution in [2.75, 3.05) is 5.32 Å². The number of pyridine rings is 1. The number of anilines is 1. The lowest BCUT2D eigenvalue weighted by atomic mass is 9.93. The smallest absolute Gasteiger partial charge is 0.168 e. The highest BCUT2D eigenvalue weighted by molar-refractivity contribution is 5.59. The Labute approximate surface area is 111 Å². The molecule has 3 rings (SSSR count). The first-order valence-electron chi connectivity index (χ1n) is 6.59. The standard InChI is InChI=1S/C14H16N4O/c15-9-12-14(16-10-4-6-11(19)7-5-10)17-13-3-1-2-8-18(12)13/h1-3,8,10-11,16,19H,4-7H2. The van der Waals surface area contributed by atoms with Crippen LogP contribution in [-0.2, 0) is 0 Å². The summed E-state index contributed by atoms with van der Waals surface area (Å²) in [7, 11) is 0. The van der Waals surface area contributed by atoms with Gasteiger partial charge in [-0.1, -0.05) is 6.07 Å². The summed E-state index contributed by atoms with van der Waals surface area (Å²) in [4.78, 5) is 4.46. The fraction of sp³-hybridized carbons (Fsp3) is 0.429. The molecule has 5 heteroatoms. The number of aromatic nitrogens is 2. The molecule has 2 aromatic rings. The van der Waals surface area contributed by atoms with E-state index in [9.17, 15) is 10.4 Å². The molecule has 2 heterocycles. The van der Waals surface area contributed by atoms with Crippen molar-refractivity contribution in [3.8, 4) is 6.07 Å². The zero-order valence-corrected chi connectivity index (χ0v) is 10.6. The number of nitriles is 1. The van der Waals surface area contributed by atoms with E-state index in [-0.39, 0.29) is 6.10 Å². The van der Waals surface area contributed by atoms with Crippen LogP contribution in [0.3, 0.4) is 0 Å². The van der Waals surface area contributed by atoms with Gasteiger partial charge in [0.2, 0.25) is 0 Å². The SMILES string of the molecule is N#Cc1c(NC2CCC(O)CC2)nc2ccccn12.